The molecule has 0 spiro atoms. The standard InChI is InChI=1S/C20H23N3O/c1-15(16-8-9-16)22(2)20(24)11-10-17-14-23(13-5-12-21)19-7-4-3-6-18(17)19/h3-4,6-7,10-11,14-16H,5,8-9,13H2,1-2H3. The average molecular weight is 321 g/mol. The van der Waals surface area contributed by atoms with Crippen molar-refractivity contribution in [3.05, 3.63) is 42.1 Å². The Morgan fingerprint density at radius 3 is 2.92 bits per heavy atom. The van der Waals surface area contributed by atoms with E-state index in [1.165, 1.54) is 12.8 Å². The highest BCUT2D eigenvalue weighted by atomic mass is 16.2. The third-order valence-electron chi connectivity index (χ3n) is 4.95. The lowest BCUT2D eigenvalue weighted by Crippen LogP contribution is -2.35. The lowest BCUT2D eigenvalue weighted by atomic mass is 10.1. The van der Waals surface area contributed by atoms with Crippen LogP contribution >= 0.6 is 0 Å². The number of aryl methyl sites for hydroxylation is 1. The van der Waals surface area contributed by atoms with Crippen molar-refractivity contribution >= 4 is 22.9 Å². The van der Waals surface area contributed by atoms with Gasteiger partial charge in [-0.3, -0.25) is 4.79 Å². The van der Waals surface area contributed by atoms with Gasteiger partial charge in [-0.05, 0) is 37.8 Å². The van der Waals surface area contributed by atoms with Gasteiger partial charge >= 0.3 is 0 Å². The minimum atomic E-state index is 0.0447. The molecule has 124 valence electrons. The Bertz CT molecular complexity index is 808. The molecule has 0 bridgehead atoms. The van der Waals surface area contributed by atoms with Crippen LogP contribution in [0.15, 0.2) is 36.5 Å². The number of benzene rings is 1. The topological polar surface area (TPSA) is 49.0 Å². The fraction of sp³-hybridized carbons (Fsp3) is 0.400. The van der Waals surface area contributed by atoms with Crippen molar-refractivity contribution in [3.63, 3.8) is 0 Å². The molecule has 1 heterocycles. The van der Waals surface area contributed by atoms with Crippen LogP contribution in [-0.4, -0.2) is 28.5 Å². The van der Waals surface area contributed by atoms with E-state index < -0.39 is 0 Å². The maximum Gasteiger partial charge on any atom is 0.246 e. The molecule has 1 saturated carbocycles. The van der Waals surface area contributed by atoms with Crippen molar-refractivity contribution in [2.24, 2.45) is 5.92 Å². The van der Waals surface area contributed by atoms with Crippen LogP contribution < -0.4 is 0 Å². The van der Waals surface area contributed by atoms with E-state index in [0.29, 0.717) is 24.9 Å². The largest absolute Gasteiger partial charge is 0.346 e. The van der Waals surface area contributed by atoms with Gasteiger partial charge in [0, 0.05) is 48.4 Å². The fourth-order valence-electron chi connectivity index (χ4n) is 3.14. The summed E-state index contributed by atoms with van der Waals surface area (Å²) < 4.78 is 2.08. The maximum absolute atomic E-state index is 12.4. The quantitative estimate of drug-likeness (QED) is 0.759. The second kappa shape index (κ2) is 6.92. The van der Waals surface area contributed by atoms with Gasteiger partial charge in [0.15, 0.2) is 0 Å². The first-order chi connectivity index (χ1) is 11.6. The second-order valence-corrected chi connectivity index (χ2v) is 6.56. The van der Waals surface area contributed by atoms with Crippen LogP contribution in [0.5, 0.6) is 0 Å². The zero-order chi connectivity index (χ0) is 17.1. The highest BCUT2D eigenvalue weighted by Crippen LogP contribution is 2.34. The van der Waals surface area contributed by atoms with Crippen molar-refractivity contribution in [3.8, 4) is 6.07 Å². The summed E-state index contributed by atoms with van der Waals surface area (Å²) in [7, 11) is 1.88. The predicted octanol–water partition coefficient (Wildman–Crippen LogP) is 3.83. The highest BCUT2D eigenvalue weighted by molar-refractivity contribution is 5.96. The molecule has 3 rings (SSSR count). The van der Waals surface area contributed by atoms with Gasteiger partial charge in [-0.1, -0.05) is 18.2 Å². The van der Waals surface area contributed by atoms with Gasteiger partial charge in [-0.25, -0.2) is 0 Å². The summed E-state index contributed by atoms with van der Waals surface area (Å²) in [4.78, 5) is 14.2. The minimum Gasteiger partial charge on any atom is -0.346 e. The van der Waals surface area contributed by atoms with Crippen LogP contribution in [-0.2, 0) is 11.3 Å². The minimum absolute atomic E-state index is 0.0447. The number of aromatic nitrogens is 1. The zero-order valence-corrected chi connectivity index (χ0v) is 14.3. The van der Waals surface area contributed by atoms with Gasteiger partial charge in [-0.15, -0.1) is 0 Å². The summed E-state index contributed by atoms with van der Waals surface area (Å²) >= 11 is 0. The summed E-state index contributed by atoms with van der Waals surface area (Å²) in [5.74, 6) is 0.712. The first kappa shape index (κ1) is 16.3. The Hall–Kier alpha value is -2.54. The molecule has 0 aliphatic heterocycles. The van der Waals surface area contributed by atoms with Crippen molar-refractivity contribution < 1.29 is 4.79 Å². The third kappa shape index (κ3) is 3.35. The molecular weight excluding hydrogens is 298 g/mol. The lowest BCUT2D eigenvalue weighted by molar-refractivity contribution is -0.126. The Balaban J connectivity index is 1.81. The molecule has 1 unspecified atom stereocenters. The van der Waals surface area contributed by atoms with E-state index >= 15 is 0 Å². The van der Waals surface area contributed by atoms with E-state index in [0.717, 1.165) is 16.5 Å². The smallest absolute Gasteiger partial charge is 0.246 e. The molecule has 24 heavy (non-hydrogen) atoms. The molecule has 1 fully saturated rings. The summed E-state index contributed by atoms with van der Waals surface area (Å²) in [5.41, 5.74) is 2.11. The molecule has 0 radical (unpaired) electrons. The van der Waals surface area contributed by atoms with Gasteiger partial charge in [0.1, 0.15) is 0 Å². The molecule has 4 heteroatoms. The summed E-state index contributed by atoms with van der Waals surface area (Å²) in [5, 5.41) is 9.93. The number of hydrogen-bond donors (Lipinski definition) is 0. The lowest BCUT2D eigenvalue weighted by Gasteiger charge is -2.23. The average Bonchev–Trinajstić information content (AvgIpc) is 3.39. The molecule has 0 saturated heterocycles. The van der Waals surface area contributed by atoms with E-state index in [1.54, 1.807) is 6.08 Å². The summed E-state index contributed by atoms with van der Waals surface area (Å²) in [6, 6.07) is 10.6. The molecule has 1 aliphatic carbocycles. The van der Waals surface area contributed by atoms with Gasteiger partial charge in [0.2, 0.25) is 5.91 Å². The highest BCUT2D eigenvalue weighted by Gasteiger charge is 2.31. The number of hydrogen-bond acceptors (Lipinski definition) is 2. The van der Waals surface area contributed by atoms with E-state index in [2.05, 4.69) is 23.6 Å². The van der Waals surface area contributed by atoms with Gasteiger partial charge in [0.05, 0.1) is 12.5 Å². The summed E-state index contributed by atoms with van der Waals surface area (Å²) in [6.07, 6.45) is 8.52. The van der Waals surface area contributed by atoms with Crippen LogP contribution in [0, 0.1) is 17.2 Å². The molecule has 1 atom stereocenters. The van der Waals surface area contributed by atoms with E-state index in [9.17, 15) is 4.79 Å². The number of nitrogens with zero attached hydrogens (tertiary/aromatic N) is 3. The van der Waals surface area contributed by atoms with Gasteiger partial charge in [-0.2, -0.15) is 5.26 Å². The number of para-hydroxylation sites is 1. The van der Waals surface area contributed by atoms with Crippen molar-refractivity contribution in [2.75, 3.05) is 7.05 Å². The van der Waals surface area contributed by atoms with Crippen LogP contribution in [0.3, 0.4) is 0 Å². The molecule has 1 amide bonds. The molecule has 1 aliphatic rings. The molecule has 1 aromatic carbocycles. The van der Waals surface area contributed by atoms with Gasteiger partial charge < -0.3 is 9.47 Å². The second-order valence-electron chi connectivity index (χ2n) is 6.56. The van der Waals surface area contributed by atoms with E-state index in [-0.39, 0.29) is 5.91 Å². The number of nitriles is 1. The number of fused-ring (bicyclic) bond motifs is 1. The number of carbonyl (C=O) groups excluding carboxylic acids is 1. The van der Waals surface area contributed by atoms with Crippen LogP contribution in [0.1, 0.15) is 31.7 Å². The molecule has 1 aromatic heterocycles. The third-order valence-corrected chi connectivity index (χ3v) is 4.95. The maximum atomic E-state index is 12.4. The van der Waals surface area contributed by atoms with E-state index in [4.69, 9.17) is 5.26 Å². The van der Waals surface area contributed by atoms with E-state index in [1.807, 2.05) is 42.4 Å². The Morgan fingerprint density at radius 2 is 2.21 bits per heavy atom. The Morgan fingerprint density at radius 1 is 1.46 bits per heavy atom. The number of carbonyl (C=O) groups is 1. The molecule has 0 N–H and O–H groups in total. The van der Waals surface area contributed by atoms with Crippen molar-refractivity contribution in [1.82, 2.24) is 9.47 Å². The molecule has 4 nitrogen and oxygen atoms in total. The van der Waals surface area contributed by atoms with Gasteiger partial charge in [0.25, 0.3) is 0 Å². The van der Waals surface area contributed by atoms with Crippen LogP contribution in [0.2, 0.25) is 0 Å². The first-order valence-corrected chi connectivity index (χ1v) is 8.51. The SMILES string of the molecule is CC(C1CC1)N(C)C(=O)C=Cc1cn(CCC#N)c2ccccc12. The van der Waals surface area contributed by atoms with Crippen molar-refractivity contribution in [2.45, 2.75) is 38.8 Å². The zero-order valence-electron chi connectivity index (χ0n) is 14.3. The normalized spacial score (nSPS) is 15.5. The monoisotopic (exact) mass is 321 g/mol. The fourth-order valence-corrected chi connectivity index (χ4v) is 3.14. The molecular formula is C20H23N3O. The number of rotatable bonds is 6. The Labute approximate surface area is 143 Å². The number of amides is 1. The molecule has 2 aromatic rings. The van der Waals surface area contributed by atoms with Crippen LogP contribution in [0.25, 0.3) is 17.0 Å². The number of likely N-dealkylation sites (N-methyl/N-ethyl adjacent to an activating group) is 1. The van der Waals surface area contributed by atoms with Crippen molar-refractivity contribution in [1.29, 1.82) is 5.26 Å². The van der Waals surface area contributed by atoms with Crippen LogP contribution in [0.4, 0.5) is 0 Å². The first-order valence-electron chi connectivity index (χ1n) is 8.51. The predicted molar refractivity (Wildman–Crippen MR) is 96.2 cm³/mol. The Kier molecular flexibility index (Phi) is 4.71. The summed E-state index contributed by atoms with van der Waals surface area (Å²) in [6.45, 7) is 2.79.